The molecule has 0 spiro atoms. The standard InChI is InChI=1S/C12H17N3O4/c1-8(12(16)13-2)14-7-9-4-10(15(17)18)6-11(5-9)19-3/h4-6,8,14H,7H2,1-3H3,(H,13,16). The number of methoxy groups -OCH3 is 1. The van der Waals surface area contributed by atoms with E-state index in [2.05, 4.69) is 10.6 Å². The van der Waals surface area contributed by atoms with Crippen molar-refractivity contribution in [2.24, 2.45) is 0 Å². The highest BCUT2D eigenvalue weighted by Crippen LogP contribution is 2.22. The zero-order valence-electron chi connectivity index (χ0n) is 11.1. The normalized spacial score (nSPS) is 11.7. The van der Waals surface area contributed by atoms with E-state index in [1.807, 2.05) is 0 Å². The summed E-state index contributed by atoms with van der Waals surface area (Å²) in [7, 11) is 3.00. The quantitative estimate of drug-likeness (QED) is 0.588. The molecule has 1 amide bonds. The molecule has 1 atom stereocenters. The number of hydrogen-bond acceptors (Lipinski definition) is 5. The van der Waals surface area contributed by atoms with Gasteiger partial charge in [0.05, 0.1) is 24.1 Å². The number of nitro benzene ring substituents is 1. The van der Waals surface area contributed by atoms with E-state index in [4.69, 9.17) is 4.74 Å². The van der Waals surface area contributed by atoms with Gasteiger partial charge in [-0.05, 0) is 18.6 Å². The summed E-state index contributed by atoms with van der Waals surface area (Å²) in [5, 5.41) is 16.3. The van der Waals surface area contributed by atoms with E-state index >= 15 is 0 Å². The Hall–Kier alpha value is -2.15. The molecule has 0 aromatic heterocycles. The van der Waals surface area contributed by atoms with Crippen LogP contribution in [-0.4, -0.2) is 31.0 Å². The summed E-state index contributed by atoms with van der Waals surface area (Å²) in [4.78, 5) is 21.6. The maximum absolute atomic E-state index is 11.3. The van der Waals surface area contributed by atoms with Crippen molar-refractivity contribution in [2.45, 2.75) is 19.5 Å². The zero-order chi connectivity index (χ0) is 14.4. The Labute approximate surface area is 111 Å². The number of nitrogens with one attached hydrogen (secondary N) is 2. The smallest absolute Gasteiger partial charge is 0.273 e. The number of benzene rings is 1. The van der Waals surface area contributed by atoms with Crippen LogP contribution in [0.15, 0.2) is 18.2 Å². The van der Waals surface area contributed by atoms with Crippen LogP contribution in [0.25, 0.3) is 0 Å². The largest absolute Gasteiger partial charge is 0.496 e. The van der Waals surface area contributed by atoms with Crippen LogP contribution in [0.1, 0.15) is 12.5 Å². The summed E-state index contributed by atoms with van der Waals surface area (Å²) in [5.41, 5.74) is 0.644. The lowest BCUT2D eigenvalue weighted by molar-refractivity contribution is -0.385. The number of non-ortho nitro benzene ring substituents is 1. The fraction of sp³-hybridized carbons (Fsp3) is 0.417. The Kier molecular flexibility index (Phi) is 5.25. The van der Waals surface area contributed by atoms with Gasteiger partial charge < -0.3 is 15.4 Å². The molecule has 2 N–H and O–H groups in total. The van der Waals surface area contributed by atoms with Gasteiger partial charge in [0.15, 0.2) is 0 Å². The molecule has 1 rings (SSSR count). The Morgan fingerprint density at radius 3 is 2.68 bits per heavy atom. The summed E-state index contributed by atoms with van der Waals surface area (Å²) in [6.07, 6.45) is 0. The maximum atomic E-state index is 11.3. The van der Waals surface area contributed by atoms with Gasteiger partial charge in [0.25, 0.3) is 5.69 Å². The average Bonchev–Trinajstić information content (AvgIpc) is 2.43. The van der Waals surface area contributed by atoms with Crippen molar-refractivity contribution in [1.29, 1.82) is 0 Å². The highest BCUT2D eigenvalue weighted by Gasteiger charge is 2.13. The molecule has 0 aliphatic heterocycles. The lowest BCUT2D eigenvalue weighted by Gasteiger charge is -2.12. The van der Waals surface area contributed by atoms with Gasteiger partial charge in [-0.2, -0.15) is 0 Å². The topological polar surface area (TPSA) is 93.5 Å². The Morgan fingerprint density at radius 1 is 1.47 bits per heavy atom. The molecule has 0 fully saturated rings. The van der Waals surface area contributed by atoms with Gasteiger partial charge in [-0.3, -0.25) is 14.9 Å². The molecule has 1 aromatic rings. The van der Waals surface area contributed by atoms with Crippen molar-refractivity contribution < 1.29 is 14.5 Å². The third-order valence-electron chi connectivity index (χ3n) is 2.65. The highest BCUT2D eigenvalue weighted by atomic mass is 16.6. The first-order chi connectivity index (χ1) is 8.97. The van der Waals surface area contributed by atoms with E-state index < -0.39 is 4.92 Å². The SMILES string of the molecule is CNC(=O)C(C)NCc1cc(OC)cc([N+](=O)[O-])c1. The van der Waals surface area contributed by atoms with Crippen LogP contribution < -0.4 is 15.4 Å². The predicted molar refractivity (Wildman–Crippen MR) is 70.0 cm³/mol. The molecule has 1 unspecified atom stereocenters. The molecule has 104 valence electrons. The first-order valence-corrected chi connectivity index (χ1v) is 5.75. The number of carbonyl (C=O) groups is 1. The third kappa shape index (κ3) is 4.22. The molecule has 0 saturated heterocycles. The number of likely N-dealkylation sites (N-methyl/N-ethyl adjacent to an activating group) is 1. The Bertz CT molecular complexity index is 476. The first kappa shape index (κ1) is 14.9. The fourth-order valence-electron chi connectivity index (χ4n) is 1.55. The Morgan fingerprint density at radius 2 is 2.16 bits per heavy atom. The molecule has 0 aliphatic rings. The molecule has 0 heterocycles. The summed E-state index contributed by atoms with van der Waals surface area (Å²) < 4.78 is 5.01. The van der Waals surface area contributed by atoms with Crippen LogP contribution in [0, 0.1) is 10.1 Å². The molecule has 19 heavy (non-hydrogen) atoms. The van der Waals surface area contributed by atoms with Crippen LogP contribution in [-0.2, 0) is 11.3 Å². The van der Waals surface area contributed by atoms with Crippen LogP contribution >= 0.6 is 0 Å². The summed E-state index contributed by atoms with van der Waals surface area (Å²) in [5.74, 6) is 0.274. The number of rotatable bonds is 6. The average molecular weight is 267 g/mol. The Balaban J connectivity index is 2.80. The zero-order valence-corrected chi connectivity index (χ0v) is 11.1. The lowest BCUT2D eigenvalue weighted by Crippen LogP contribution is -2.40. The number of amides is 1. The summed E-state index contributed by atoms with van der Waals surface area (Å²) in [6, 6.07) is 4.11. The van der Waals surface area contributed by atoms with Crippen LogP contribution in [0.3, 0.4) is 0 Å². The van der Waals surface area contributed by atoms with Crippen molar-refractivity contribution >= 4 is 11.6 Å². The second-order valence-corrected chi connectivity index (χ2v) is 4.01. The van der Waals surface area contributed by atoms with E-state index in [-0.39, 0.29) is 17.6 Å². The minimum absolute atomic E-state index is 0.0382. The van der Waals surface area contributed by atoms with Gasteiger partial charge in [-0.1, -0.05) is 0 Å². The molecule has 0 aliphatic carbocycles. The number of ether oxygens (including phenoxy) is 1. The number of hydrogen-bond donors (Lipinski definition) is 2. The van der Waals surface area contributed by atoms with Gasteiger partial charge in [0, 0.05) is 19.7 Å². The molecular weight excluding hydrogens is 250 g/mol. The van der Waals surface area contributed by atoms with Gasteiger partial charge in [0.1, 0.15) is 5.75 Å². The van der Waals surface area contributed by atoms with Crippen LogP contribution in [0.5, 0.6) is 5.75 Å². The van der Waals surface area contributed by atoms with Gasteiger partial charge in [-0.15, -0.1) is 0 Å². The fourth-order valence-corrected chi connectivity index (χ4v) is 1.55. The van der Waals surface area contributed by atoms with Crippen molar-refractivity contribution in [3.63, 3.8) is 0 Å². The van der Waals surface area contributed by atoms with Crippen molar-refractivity contribution in [2.75, 3.05) is 14.2 Å². The van der Waals surface area contributed by atoms with E-state index in [1.165, 1.54) is 19.2 Å². The molecule has 0 radical (unpaired) electrons. The van der Waals surface area contributed by atoms with Gasteiger partial charge >= 0.3 is 0 Å². The monoisotopic (exact) mass is 267 g/mol. The summed E-state index contributed by atoms with van der Waals surface area (Å²) >= 11 is 0. The van der Waals surface area contributed by atoms with Crippen LogP contribution in [0.2, 0.25) is 0 Å². The van der Waals surface area contributed by atoms with Crippen LogP contribution in [0.4, 0.5) is 5.69 Å². The van der Waals surface area contributed by atoms with E-state index in [9.17, 15) is 14.9 Å². The maximum Gasteiger partial charge on any atom is 0.273 e. The van der Waals surface area contributed by atoms with Crippen molar-refractivity contribution in [3.05, 3.63) is 33.9 Å². The number of nitrogens with zero attached hydrogens (tertiary/aromatic N) is 1. The van der Waals surface area contributed by atoms with E-state index in [0.29, 0.717) is 17.9 Å². The van der Waals surface area contributed by atoms with Crippen molar-refractivity contribution in [3.8, 4) is 5.75 Å². The second-order valence-electron chi connectivity index (χ2n) is 4.01. The molecule has 0 bridgehead atoms. The first-order valence-electron chi connectivity index (χ1n) is 5.75. The van der Waals surface area contributed by atoms with E-state index in [1.54, 1.807) is 20.0 Å². The number of nitro groups is 1. The minimum Gasteiger partial charge on any atom is -0.496 e. The molecular formula is C12H17N3O4. The van der Waals surface area contributed by atoms with E-state index in [0.717, 1.165) is 0 Å². The summed E-state index contributed by atoms with van der Waals surface area (Å²) in [6.45, 7) is 2.06. The molecule has 7 nitrogen and oxygen atoms in total. The molecule has 0 saturated carbocycles. The second kappa shape index (κ2) is 6.69. The molecule has 7 heteroatoms. The minimum atomic E-state index is -0.478. The third-order valence-corrected chi connectivity index (χ3v) is 2.65. The van der Waals surface area contributed by atoms with Gasteiger partial charge in [0.2, 0.25) is 5.91 Å². The number of carbonyl (C=O) groups excluding carboxylic acids is 1. The van der Waals surface area contributed by atoms with Gasteiger partial charge in [-0.25, -0.2) is 0 Å². The highest BCUT2D eigenvalue weighted by molar-refractivity contribution is 5.80. The lowest BCUT2D eigenvalue weighted by atomic mass is 10.1. The predicted octanol–water partition coefficient (Wildman–Crippen LogP) is 0.827. The molecule has 1 aromatic carbocycles. The van der Waals surface area contributed by atoms with Crippen molar-refractivity contribution in [1.82, 2.24) is 10.6 Å².